The van der Waals surface area contributed by atoms with Gasteiger partial charge in [-0.1, -0.05) is 29.3 Å². The molecule has 110 valence electrons. The fourth-order valence-corrected chi connectivity index (χ4v) is 2.43. The largest absolute Gasteiger partial charge is 0.381 e. The normalized spacial score (nSPS) is 10.3. The standard InChI is InChI=1S/C16H16Cl2N2O/c1-10-7-12(17)4-3-11(10)9-20-13-5-6-15(18)14(8-13)16(21)19-2/h3-8,20H,9H2,1-2H3,(H,19,21). The Morgan fingerprint density at radius 1 is 1.14 bits per heavy atom. The number of rotatable bonds is 4. The van der Waals surface area contributed by atoms with E-state index in [1.54, 1.807) is 19.2 Å². The minimum Gasteiger partial charge on any atom is -0.381 e. The predicted molar refractivity (Wildman–Crippen MR) is 88.4 cm³/mol. The summed E-state index contributed by atoms with van der Waals surface area (Å²) in [6.45, 7) is 2.67. The molecule has 0 unspecified atom stereocenters. The van der Waals surface area contributed by atoms with Gasteiger partial charge in [0, 0.05) is 24.3 Å². The van der Waals surface area contributed by atoms with Gasteiger partial charge in [-0.25, -0.2) is 0 Å². The lowest BCUT2D eigenvalue weighted by Crippen LogP contribution is -2.18. The van der Waals surface area contributed by atoms with Gasteiger partial charge in [-0.15, -0.1) is 0 Å². The zero-order valence-corrected chi connectivity index (χ0v) is 13.3. The summed E-state index contributed by atoms with van der Waals surface area (Å²) < 4.78 is 0. The van der Waals surface area contributed by atoms with Crippen LogP contribution in [-0.4, -0.2) is 13.0 Å². The molecule has 0 saturated carbocycles. The lowest BCUT2D eigenvalue weighted by molar-refractivity contribution is 0.0963. The molecule has 2 rings (SSSR count). The molecule has 0 aliphatic carbocycles. The second-order valence-electron chi connectivity index (χ2n) is 4.70. The van der Waals surface area contributed by atoms with Crippen molar-refractivity contribution in [3.8, 4) is 0 Å². The van der Waals surface area contributed by atoms with Crippen molar-refractivity contribution in [3.05, 3.63) is 63.1 Å². The number of nitrogens with one attached hydrogen (secondary N) is 2. The third-order valence-electron chi connectivity index (χ3n) is 3.23. The van der Waals surface area contributed by atoms with Crippen LogP contribution in [0.4, 0.5) is 5.69 Å². The monoisotopic (exact) mass is 322 g/mol. The maximum absolute atomic E-state index is 11.7. The van der Waals surface area contributed by atoms with E-state index < -0.39 is 0 Å². The number of benzene rings is 2. The highest BCUT2D eigenvalue weighted by atomic mass is 35.5. The molecular weight excluding hydrogens is 307 g/mol. The second-order valence-corrected chi connectivity index (χ2v) is 5.54. The summed E-state index contributed by atoms with van der Waals surface area (Å²) >= 11 is 12.0. The highest BCUT2D eigenvalue weighted by molar-refractivity contribution is 6.34. The fourth-order valence-electron chi connectivity index (χ4n) is 2.00. The number of carbonyl (C=O) groups is 1. The van der Waals surface area contributed by atoms with E-state index in [1.807, 2.05) is 31.2 Å². The van der Waals surface area contributed by atoms with Crippen LogP contribution in [0.5, 0.6) is 0 Å². The summed E-state index contributed by atoms with van der Waals surface area (Å²) in [5, 5.41) is 7.02. The fraction of sp³-hybridized carbons (Fsp3) is 0.188. The number of anilines is 1. The van der Waals surface area contributed by atoms with Crippen LogP contribution in [0.3, 0.4) is 0 Å². The number of halogens is 2. The minimum atomic E-state index is -0.202. The van der Waals surface area contributed by atoms with Crippen LogP contribution in [0.15, 0.2) is 36.4 Å². The van der Waals surface area contributed by atoms with E-state index in [2.05, 4.69) is 10.6 Å². The summed E-state index contributed by atoms with van der Waals surface area (Å²) in [6.07, 6.45) is 0. The van der Waals surface area contributed by atoms with E-state index in [1.165, 1.54) is 0 Å². The van der Waals surface area contributed by atoms with Crippen molar-refractivity contribution < 1.29 is 4.79 Å². The molecule has 0 aliphatic heterocycles. The molecule has 3 nitrogen and oxygen atoms in total. The number of carbonyl (C=O) groups excluding carboxylic acids is 1. The first-order chi connectivity index (χ1) is 10.0. The molecule has 1 amide bonds. The van der Waals surface area contributed by atoms with Crippen molar-refractivity contribution in [2.24, 2.45) is 0 Å². The molecule has 0 fully saturated rings. The molecule has 0 heterocycles. The zero-order chi connectivity index (χ0) is 15.4. The summed E-state index contributed by atoms with van der Waals surface area (Å²) in [6, 6.07) is 11.1. The Kier molecular flexibility index (Phi) is 5.10. The molecule has 0 aliphatic rings. The minimum absolute atomic E-state index is 0.202. The number of aryl methyl sites for hydroxylation is 1. The average Bonchev–Trinajstić information content (AvgIpc) is 2.47. The Balaban J connectivity index is 2.15. The Morgan fingerprint density at radius 3 is 2.57 bits per heavy atom. The Bertz CT molecular complexity index is 671. The van der Waals surface area contributed by atoms with Crippen LogP contribution in [0.1, 0.15) is 21.5 Å². The van der Waals surface area contributed by atoms with Gasteiger partial charge in [0.1, 0.15) is 0 Å². The van der Waals surface area contributed by atoms with Crippen LogP contribution in [0.25, 0.3) is 0 Å². The van der Waals surface area contributed by atoms with Gasteiger partial charge in [0.15, 0.2) is 0 Å². The number of amides is 1. The van der Waals surface area contributed by atoms with Crippen molar-refractivity contribution in [2.45, 2.75) is 13.5 Å². The third kappa shape index (κ3) is 3.90. The lowest BCUT2D eigenvalue weighted by Gasteiger charge is -2.11. The van der Waals surface area contributed by atoms with Gasteiger partial charge in [-0.2, -0.15) is 0 Å². The van der Waals surface area contributed by atoms with E-state index in [0.717, 1.165) is 21.8 Å². The van der Waals surface area contributed by atoms with E-state index in [-0.39, 0.29) is 5.91 Å². The Morgan fingerprint density at radius 2 is 1.90 bits per heavy atom. The van der Waals surface area contributed by atoms with Gasteiger partial charge < -0.3 is 10.6 Å². The lowest BCUT2D eigenvalue weighted by atomic mass is 10.1. The van der Waals surface area contributed by atoms with Crippen molar-refractivity contribution >= 4 is 34.8 Å². The SMILES string of the molecule is CNC(=O)c1cc(NCc2ccc(Cl)cc2C)ccc1Cl. The van der Waals surface area contributed by atoms with Crippen molar-refractivity contribution in [1.29, 1.82) is 0 Å². The van der Waals surface area contributed by atoms with Crippen LogP contribution in [0, 0.1) is 6.92 Å². The molecule has 0 atom stereocenters. The van der Waals surface area contributed by atoms with E-state index >= 15 is 0 Å². The number of hydrogen-bond acceptors (Lipinski definition) is 2. The Labute approximate surface area is 134 Å². The first-order valence-corrected chi connectivity index (χ1v) is 7.27. The molecule has 0 aromatic heterocycles. The molecule has 0 bridgehead atoms. The van der Waals surface area contributed by atoms with Crippen LogP contribution in [-0.2, 0) is 6.54 Å². The van der Waals surface area contributed by atoms with Crippen molar-refractivity contribution in [2.75, 3.05) is 12.4 Å². The first kappa shape index (κ1) is 15.7. The Hall–Kier alpha value is -1.71. The smallest absolute Gasteiger partial charge is 0.252 e. The molecular formula is C16H16Cl2N2O. The average molecular weight is 323 g/mol. The van der Waals surface area contributed by atoms with Gasteiger partial charge in [0.2, 0.25) is 0 Å². The molecule has 0 saturated heterocycles. The molecule has 5 heteroatoms. The summed E-state index contributed by atoms with van der Waals surface area (Å²) in [5.74, 6) is -0.202. The van der Waals surface area contributed by atoms with E-state index in [9.17, 15) is 4.79 Å². The molecule has 2 N–H and O–H groups in total. The third-order valence-corrected chi connectivity index (χ3v) is 3.79. The predicted octanol–water partition coefficient (Wildman–Crippen LogP) is 4.27. The van der Waals surface area contributed by atoms with Gasteiger partial charge >= 0.3 is 0 Å². The topological polar surface area (TPSA) is 41.1 Å². The van der Waals surface area contributed by atoms with Gasteiger partial charge in [-0.3, -0.25) is 4.79 Å². The van der Waals surface area contributed by atoms with Gasteiger partial charge in [-0.05, 0) is 48.4 Å². The molecule has 2 aromatic carbocycles. The second kappa shape index (κ2) is 6.83. The molecule has 2 aromatic rings. The molecule has 21 heavy (non-hydrogen) atoms. The zero-order valence-electron chi connectivity index (χ0n) is 11.8. The molecule has 0 radical (unpaired) electrons. The van der Waals surface area contributed by atoms with Crippen LogP contribution < -0.4 is 10.6 Å². The van der Waals surface area contributed by atoms with E-state index in [0.29, 0.717) is 17.1 Å². The quantitative estimate of drug-likeness (QED) is 0.882. The highest BCUT2D eigenvalue weighted by Gasteiger charge is 2.09. The van der Waals surface area contributed by atoms with Gasteiger partial charge in [0.05, 0.1) is 10.6 Å². The maximum atomic E-state index is 11.7. The van der Waals surface area contributed by atoms with Crippen LogP contribution >= 0.6 is 23.2 Å². The van der Waals surface area contributed by atoms with Gasteiger partial charge in [0.25, 0.3) is 5.91 Å². The van der Waals surface area contributed by atoms with Crippen molar-refractivity contribution in [1.82, 2.24) is 5.32 Å². The maximum Gasteiger partial charge on any atom is 0.252 e. The van der Waals surface area contributed by atoms with Crippen LogP contribution in [0.2, 0.25) is 10.0 Å². The van der Waals surface area contributed by atoms with Crippen molar-refractivity contribution in [3.63, 3.8) is 0 Å². The van der Waals surface area contributed by atoms with E-state index in [4.69, 9.17) is 23.2 Å². The summed E-state index contributed by atoms with van der Waals surface area (Å²) in [4.78, 5) is 11.7. The summed E-state index contributed by atoms with van der Waals surface area (Å²) in [7, 11) is 1.58. The summed E-state index contributed by atoms with van der Waals surface area (Å²) in [5.41, 5.74) is 3.57. The number of hydrogen-bond donors (Lipinski definition) is 2. The highest BCUT2D eigenvalue weighted by Crippen LogP contribution is 2.22. The molecule has 0 spiro atoms. The first-order valence-electron chi connectivity index (χ1n) is 6.52.